The van der Waals surface area contributed by atoms with Crippen molar-refractivity contribution in [3.63, 3.8) is 0 Å². The summed E-state index contributed by atoms with van der Waals surface area (Å²) in [4.78, 5) is 28.7. The summed E-state index contributed by atoms with van der Waals surface area (Å²) in [5, 5.41) is 10.2. The van der Waals surface area contributed by atoms with Crippen molar-refractivity contribution in [1.82, 2.24) is 20.0 Å². The number of aromatic nitrogens is 2. The Hall–Kier alpha value is -3.03. The standard InChI is InChI=1S/C21H28N6O2/c1-14-5-6-16(27-8-7-22-19(27)28)9-17(14)24-20(29)26-12-15-11-23-25(4)18(15)10-21(2,3)13-26/h5-6,9,11H,7-8,10,12-13H2,1-4H3,(H,22,28)(H,24,29). The van der Waals surface area contributed by atoms with Gasteiger partial charge in [0.1, 0.15) is 0 Å². The Morgan fingerprint density at radius 2 is 2.10 bits per heavy atom. The number of amides is 4. The van der Waals surface area contributed by atoms with E-state index in [1.807, 2.05) is 47.9 Å². The van der Waals surface area contributed by atoms with Crippen LogP contribution in [0.3, 0.4) is 0 Å². The van der Waals surface area contributed by atoms with Gasteiger partial charge >= 0.3 is 12.1 Å². The number of benzene rings is 1. The van der Waals surface area contributed by atoms with Gasteiger partial charge in [-0.25, -0.2) is 9.59 Å². The van der Waals surface area contributed by atoms with Gasteiger partial charge in [0.15, 0.2) is 0 Å². The molecule has 0 spiro atoms. The fourth-order valence-electron chi connectivity index (χ4n) is 4.12. The predicted molar refractivity (Wildman–Crippen MR) is 112 cm³/mol. The molecule has 0 aliphatic carbocycles. The van der Waals surface area contributed by atoms with Crippen molar-refractivity contribution in [3.8, 4) is 0 Å². The van der Waals surface area contributed by atoms with Crippen molar-refractivity contribution >= 4 is 23.4 Å². The van der Waals surface area contributed by atoms with E-state index >= 15 is 0 Å². The van der Waals surface area contributed by atoms with Crippen LogP contribution >= 0.6 is 0 Å². The van der Waals surface area contributed by atoms with E-state index in [2.05, 4.69) is 29.6 Å². The summed E-state index contributed by atoms with van der Waals surface area (Å²) >= 11 is 0. The molecule has 0 unspecified atom stereocenters. The van der Waals surface area contributed by atoms with Gasteiger partial charge in [0.2, 0.25) is 0 Å². The molecule has 0 bridgehead atoms. The molecule has 4 rings (SSSR count). The first-order valence-corrected chi connectivity index (χ1v) is 9.95. The smallest absolute Gasteiger partial charge is 0.322 e. The fraction of sp³-hybridized carbons (Fsp3) is 0.476. The van der Waals surface area contributed by atoms with Crippen LogP contribution in [0.4, 0.5) is 21.0 Å². The molecule has 0 atom stereocenters. The van der Waals surface area contributed by atoms with Crippen LogP contribution < -0.4 is 15.5 Å². The van der Waals surface area contributed by atoms with Gasteiger partial charge < -0.3 is 15.5 Å². The number of nitrogens with one attached hydrogen (secondary N) is 2. The molecule has 2 aliphatic heterocycles. The highest BCUT2D eigenvalue weighted by Crippen LogP contribution is 2.31. The SMILES string of the molecule is Cc1ccc(N2CCNC2=O)cc1NC(=O)N1Cc2cnn(C)c2CC(C)(C)C1. The number of hydrogen-bond acceptors (Lipinski definition) is 3. The normalized spacial score (nSPS) is 18.3. The largest absolute Gasteiger partial charge is 0.336 e. The summed E-state index contributed by atoms with van der Waals surface area (Å²) < 4.78 is 1.91. The van der Waals surface area contributed by atoms with Crippen molar-refractivity contribution in [2.45, 2.75) is 33.7 Å². The molecule has 1 fully saturated rings. The van der Waals surface area contributed by atoms with Gasteiger partial charge in [0.25, 0.3) is 0 Å². The molecule has 2 N–H and O–H groups in total. The molecule has 1 saturated heterocycles. The van der Waals surface area contributed by atoms with Crippen LogP contribution in [0.15, 0.2) is 24.4 Å². The van der Waals surface area contributed by atoms with Crippen LogP contribution in [0.1, 0.15) is 30.7 Å². The minimum absolute atomic E-state index is 0.0546. The maximum atomic E-state index is 13.2. The zero-order chi connectivity index (χ0) is 20.8. The third-order valence-electron chi connectivity index (χ3n) is 5.69. The Labute approximate surface area is 170 Å². The molecule has 0 saturated carbocycles. The molecule has 4 amide bonds. The maximum absolute atomic E-state index is 13.2. The predicted octanol–water partition coefficient (Wildman–Crippen LogP) is 2.87. The number of hydrogen-bond donors (Lipinski definition) is 2. The zero-order valence-corrected chi connectivity index (χ0v) is 17.5. The Morgan fingerprint density at radius 1 is 1.31 bits per heavy atom. The molecule has 154 valence electrons. The van der Waals surface area contributed by atoms with Crippen LogP contribution in [0.25, 0.3) is 0 Å². The Balaban J connectivity index is 1.56. The summed E-state index contributed by atoms with van der Waals surface area (Å²) in [5.74, 6) is 0. The van der Waals surface area contributed by atoms with Crippen LogP contribution in [-0.4, -0.2) is 46.4 Å². The summed E-state index contributed by atoms with van der Waals surface area (Å²) in [6, 6.07) is 5.47. The van der Waals surface area contributed by atoms with Gasteiger partial charge in [0.05, 0.1) is 12.7 Å². The minimum atomic E-state index is -0.138. The molecule has 1 aromatic heterocycles. The van der Waals surface area contributed by atoms with Gasteiger partial charge in [0, 0.05) is 49.3 Å². The van der Waals surface area contributed by atoms with E-state index in [9.17, 15) is 9.59 Å². The lowest BCUT2D eigenvalue weighted by atomic mass is 9.87. The number of anilines is 2. The highest BCUT2D eigenvalue weighted by molar-refractivity contribution is 5.96. The van der Waals surface area contributed by atoms with Crippen molar-refractivity contribution in [1.29, 1.82) is 0 Å². The van der Waals surface area contributed by atoms with Crippen molar-refractivity contribution in [2.24, 2.45) is 12.5 Å². The highest BCUT2D eigenvalue weighted by atomic mass is 16.2. The minimum Gasteiger partial charge on any atom is -0.336 e. The molecule has 8 heteroatoms. The second-order valence-electron chi connectivity index (χ2n) is 8.75. The van der Waals surface area contributed by atoms with Gasteiger partial charge in [-0.3, -0.25) is 9.58 Å². The molecular formula is C21H28N6O2. The number of rotatable bonds is 2. The summed E-state index contributed by atoms with van der Waals surface area (Å²) in [6.07, 6.45) is 2.73. The lowest BCUT2D eigenvalue weighted by Gasteiger charge is -2.30. The number of urea groups is 2. The number of carbonyl (C=O) groups excluding carboxylic acids is 2. The molecule has 2 aliphatic rings. The summed E-state index contributed by atoms with van der Waals surface area (Å²) in [6.45, 7) is 8.74. The topological polar surface area (TPSA) is 82.5 Å². The van der Waals surface area contributed by atoms with E-state index in [4.69, 9.17) is 0 Å². The Kier molecular flexibility index (Phi) is 4.72. The van der Waals surface area contributed by atoms with Crippen LogP contribution in [0, 0.1) is 12.3 Å². The second kappa shape index (κ2) is 7.09. The van der Waals surface area contributed by atoms with Gasteiger partial charge in [-0.05, 0) is 36.5 Å². The van der Waals surface area contributed by atoms with Crippen molar-refractivity contribution in [3.05, 3.63) is 41.2 Å². The molecule has 29 heavy (non-hydrogen) atoms. The number of fused-ring (bicyclic) bond motifs is 1. The first kappa shape index (κ1) is 19.3. The maximum Gasteiger partial charge on any atom is 0.322 e. The molecule has 8 nitrogen and oxygen atoms in total. The molecule has 3 heterocycles. The Bertz CT molecular complexity index is 964. The third-order valence-corrected chi connectivity index (χ3v) is 5.69. The van der Waals surface area contributed by atoms with Gasteiger partial charge in [-0.15, -0.1) is 0 Å². The number of carbonyl (C=O) groups is 2. The van der Waals surface area contributed by atoms with Crippen LogP contribution in [-0.2, 0) is 20.0 Å². The summed E-state index contributed by atoms with van der Waals surface area (Å²) in [7, 11) is 1.95. The summed E-state index contributed by atoms with van der Waals surface area (Å²) in [5.41, 5.74) is 4.68. The number of aryl methyl sites for hydroxylation is 2. The van der Waals surface area contributed by atoms with Crippen LogP contribution in [0.5, 0.6) is 0 Å². The van der Waals surface area contributed by atoms with E-state index in [0.717, 1.165) is 28.9 Å². The zero-order valence-electron chi connectivity index (χ0n) is 17.5. The van der Waals surface area contributed by atoms with Crippen LogP contribution in [0.2, 0.25) is 0 Å². The second-order valence-corrected chi connectivity index (χ2v) is 8.75. The van der Waals surface area contributed by atoms with E-state index < -0.39 is 0 Å². The lowest BCUT2D eigenvalue weighted by molar-refractivity contribution is 0.180. The average Bonchev–Trinajstić information content (AvgIpc) is 3.18. The van der Waals surface area contributed by atoms with E-state index in [0.29, 0.717) is 26.2 Å². The fourth-order valence-corrected chi connectivity index (χ4v) is 4.12. The molecule has 2 aromatic rings. The average molecular weight is 396 g/mol. The van der Waals surface area contributed by atoms with Gasteiger partial charge in [-0.1, -0.05) is 19.9 Å². The molecule has 0 radical (unpaired) electrons. The quantitative estimate of drug-likeness (QED) is 0.819. The number of nitrogens with zero attached hydrogens (tertiary/aromatic N) is 4. The van der Waals surface area contributed by atoms with E-state index in [1.54, 1.807) is 4.90 Å². The van der Waals surface area contributed by atoms with Gasteiger partial charge in [-0.2, -0.15) is 5.10 Å². The van der Waals surface area contributed by atoms with E-state index in [-0.39, 0.29) is 17.5 Å². The molecular weight excluding hydrogens is 368 g/mol. The third kappa shape index (κ3) is 3.79. The monoisotopic (exact) mass is 396 g/mol. The van der Waals surface area contributed by atoms with Crippen molar-refractivity contribution in [2.75, 3.05) is 29.9 Å². The first-order chi connectivity index (χ1) is 13.7. The van der Waals surface area contributed by atoms with E-state index in [1.165, 1.54) is 5.69 Å². The van der Waals surface area contributed by atoms with Crippen molar-refractivity contribution < 1.29 is 9.59 Å². The Morgan fingerprint density at radius 3 is 2.83 bits per heavy atom. The highest BCUT2D eigenvalue weighted by Gasteiger charge is 2.32. The molecule has 1 aromatic carbocycles. The lowest BCUT2D eigenvalue weighted by Crippen LogP contribution is -2.40. The first-order valence-electron chi connectivity index (χ1n) is 9.95.